The molecule has 182 valence electrons. The molecule has 1 heterocycles. The average Bonchev–Trinajstić information content (AvgIpc) is 3.51. The molecule has 1 aromatic rings. The molecule has 4 amide bonds. The summed E-state index contributed by atoms with van der Waals surface area (Å²) >= 11 is 12.0. The molecule has 34 heavy (non-hydrogen) atoms. The van der Waals surface area contributed by atoms with Crippen LogP contribution in [0.1, 0.15) is 37.7 Å². The van der Waals surface area contributed by atoms with Crippen LogP contribution in [0.5, 0.6) is 0 Å². The molecule has 1 saturated heterocycles. The first-order valence-corrected chi connectivity index (χ1v) is 11.7. The second kappa shape index (κ2) is 11.5. The van der Waals surface area contributed by atoms with Crippen LogP contribution in [-0.4, -0.2) is 48.0 Å². The van der Waals surface area contributed by atoms with Gasteiger partial charge in [-0.1, -0.05) is 42.1 Å². The summed E-state index contributed by atoms with van der Waals surface area (Å²) in [5.41, 5.74) is 5.72. The van der Waals surface area contributed by atoms with E-state index in [1.807, 2.05) is 0 Å². The molecule has 0 spiro atoms. The van der Waals surface area contributed by atoms with E-state index < -0.39 is 41.5 Å². The van der Waals surface area contributed by atoms with Crippen LogP contribution in [0, 0.1) is 11.8 Å². The third kappa shape index (κ3) is 7.30. The van der Waals surface area contributed by atoms with Crippen LogP contribution in [0.25, 0.3) is 6.08 Å². The van der Waals surface area contributed by atoms with Gasteiger partial charge in [0.25, 0.3) is 5.91 Å². The van der Waals surface area contributed by atoms with E-state index in [4.69, 9.17) is 28.9 Å². The van der Waals surface area contributed by atoms with E-state index >= 15 is 0 Å². The Labute approximate surface area is 206 Å². The number of carbonyl (C=O) groups excluding carboxylic acids is 5. The number of nitrogens with two attached hydrogens (primary N) is 1. The van der Waals surface area contributed by atoms with Crippen molar-refractivity contribution in [3.8, 4) is 0 Å². The predicted octanol–water partition coefficient (Wildman–Crippen LogP) is 1.36. The highest BCUT2D eigenvalue weighted by molar-refractivity contribution is 6.38. The Balaban J connectivity index is 1.68. The molecule has 1 aliphatic carbocycles. The fraction of sp³-hybridized carbons (Fsp3) is 0.435. The number of rotatable bonds is 11. The maximum atomic E-state index is 13.0. The third-order valence-electron chi connectivity index (χ3n) is 5.83. The van der Waals surface area contributed by atoms with Crippen LogP contribution in [0.15, 0.2) is 24.3 Å². The molecule has 11 heteroatoms. The second-order valence-electron chi connectivity index (χ2n) is 8.54. The van der Waals surface area contributed by atoms with Crippen LogP contribution in [0.3, 0.4) is 0 Å². The Morgan fingerprint density at radius 3 is 2.41 bits per heavy atom. The largest absolute Gasteiger partial charge is 0.363 e. The number of hydrogen-bond donors (Lipinski definition) is 4. The van der Waals surface area contributed by atoms with Crippen molar-refractivity contribution in [1.29, 1.82) is 0 Å². The molecule has 5 N–H and O–H groups in total. The molecule has 0 bridgehead atoms. The number of Topliss-reactive ketones (excluding diaryl/α,β-unsaturated/α-hetero) is 1. The van der Waals surface area contributed by atoms with Gasteiger partial charge in [0.15, 0.2) is 0 Å². The molecule has 0 aromatic heterocycles. The van der Waals surface area contributed by atoms with Crippen molar-refractivity contribution in [2.24, 2.45) is 17.6 Å². The lowest BCUT2D eigenvalue weighted by Crippen LogP contribution is -2.54. The molecule has 1 aliphatic heterocycles. The van der Waals surface area contributed by atoms with E-state index in [1.54, 1.807) is 18.2 Å². The number of carbonyl (C=O) groups is 5. The predicted molar refractivity (Wildman–Crippen MR) is 127 cm³/mol. The lowest BCUT2D eigenvalue weighted by Gasteiger charge is -2.23. The smallest absolute Gasteiger partial charge is 0.287 e. The topological polar surface area (TPSA) is 147 Å². The summed E-state index contributed by atoms with van der Waals surface area (Å²) in [6.07, 6.45) is 5.43. The number of hydrogen-bond acceptors (Lipinski definition) is 5. The lowest BCUT2D eigenvalue weighted by molar-refractivity contribution is -0.139. The van der Waals surface area contributed by atoms with Gasteiger partial charge in [0.1, 0.15) is 6.04 Å². The number of ketones is 1. The monoisotopic (exact) mass is 508 g/mol. The number of halogens is 2. The van der Waals surface area contributed by atoms with Gasteiger partial charge in [-0.15, -0.1) is 0 Å². The fourth-order valence-corrected chi connectivity index (χ4v) is 4.24. The summed E-state index contributed by atoms with van der Waals surface area (Å²) in [7, 11) is 0. The second-order valence-corrected chi connectivity index (χ2v) is 9.39. The highest BCUT2D eigenvalue weighted by Crippen LogP contribution is 2.33. The zero-order valence-electron chi connectivity index (χ0n) is 18.3. The molecule has 2 aliphatic rings. The van der Waals surface area contributed by atoms with E-state index in [2.05, 4.69) is 16.0 Å². The van der Waals surface area contributed by atoms with Crippen molar-refractivity contribution in [1.82, 2.24) is 16.0 Å². The quantitative estimate of drug-likeness (QED) is 0.263. The number of benzene rings is 1. The molecule has 0 radical (unpaired) electrons. The summed E-state index contributed by atoms with van der Waals surface area (Å²) in [4.78, 5) is 61.3. The summed E-state index contributed by atoms with van der Waals surface area (Å²) < 4.78 is 0. The summed E-state index contributed by atoms with van der Waals surface area (Å²) in [6.45, 7) is 0.458. The van der Waals surface area contributed by atoms with Crippen LogP contribution < -0.4 is 21.7 Å². The lowest BCUT2D eigenvalue weighted by atomic mass is 9.95. The molecular weight excluding hydrogens is 483 g/mol. The van der Waals surface area contributed by atoms with Gasteiger partial charge in [0, 0.05) is 28.6 Å². The van der Waals surface area contributed by atoms with Crippen molar-refractivity contribution >= 4 is 58.7 Å². The Morgan fingerprint density at radius 1 is 1.09 bits per heavy atom. The Bertz CT molecular complexity index is 1020. The fourth-order valence-electron chi connectivity index (χ4n) is 3.77. The van der Waals surface area contributed by atoms with Gasteiger partial charge in [-0.05, 0) is 49.0 Å². The first kappa shape index (κ1) is 25.7. The molecule has 3 rings (SSSR count). The van der Waals surface area contributed by atoms with Crippen LogP contribution >= 0.6 is 23.2 Å². The molecule has 2 fully saturated rings. The van der Waals surface area contributed by atoms with Gasteiger partial charge >= 0.3 is 0 Å². The minimum atomic E-state index is -1.25. The summed E-state index contributed by atoms with van der Waals surface area (Å²) in [5, 5.41) is 8.66. The van der Waals surface area contributed by atoms with Crippen LogP contribution in [0.4, 0.5) is 0 Å². The van der Waals surface area contributed by atoms with Crippen molar-refractivity contribution in [2.45, 2.75) is 44.2 Å². The van der Waals surface area contributed by atoms with Gasteiger partial charge in [0.05, 0.1) is 6.04 Å². The maximum Gasteiger partial charge on any atom is 0.287 e. The van der Waals surface area contributed by atoms with E-state index in [-0.39, 0.29) is 18.2 Å². The van der Waals surface area contributed by atoms with E-state index in [1.165, 1.54) is 12.2 Å². The zero-order valence-corrected chi connectivity index (χ0v) is 19.8. The summed E-state index contributed by atoms with van der Waals surface area (Å²) in [5.74, 6) is -3.81. The molecule has 3 unspecified atom stereocenters. The van der Waals surface area contributed by atoms with E-state index in [0.29, 0.717) is 35.0 Å². The Morgan fingerprint density at radius 2 is 1.82 bits per heavy atom. The highest BCUT2D eigenvalue weighted by Gasteiger charge is 2.36. The van der Waals surface area contributed by atoms with E-state index in [0.717, 1.165) is 12.8 Å². The van der Waals surface area contributed by atoms with Gasteiger partial charge < -0.3 is 21.7 Å². The normalized spacial score (nSPS) is 19.4. The highest BCUT2D eigenvalue weighted by atomic mass is 35.5. The van der Waals surface area contributed by atoms with Crippen molar-refractivity contribution in [3.05, 3.63) is 39.9 Å². The van der Waals surface area contributed by atoms with E-state index in [9.17, 15) is 24.0 Å². The van der Waals surface area contributed by atoms with Crippen LogP contribution in [-0.2, 0) is 24.0 Å². The number of nitrogens with one attached hydrogen (secondary N) is 3. The Kier molecular flexibility index (Phi) is 8.68. The minimum Gasteiger partial charge on any atom is -0.363 e. The van der Waals surface area contributed by atoms with Gasteiger partial charge in [-0.3, -0.25) is 24.0 Å². The molecule has 9 nitrogen and oxygen atoms in total. The van der Waals surface area contributed by atoms with Gasteiger partial charge in [-0.25, -0.2) is 0 Å². The van der Waals surface area contributed by atoms with Crippen LogP contribution in [0.2, 0.25) is 10.0 Å². The molecule has 1 saturated carbocycles. The third-order valence-corrected chi connectivity index (χ3v) is 6.40. The first-order valence-electron chi connectivity index (χ1n) is 11.0. The van der Waals surface area contributed by atoms with Gasteiger partial charge in [0.2, 0.25) is 23.5 Å². The number of primary amides is 1. The minimum absolute atomic E-state index is 0.0432. The average molecular weight is 509 g/mol. The maximum absolute atomic E-state index is 13.0. The molecular formula is C23H26Cl2N4O5. The number of amides is 4. The first-order chi connectivity index (χ1) is 16.1. The molecule has 3 atom stereocenters. The Hall–Kier alpha value is -2.91. The molecule has 1 aromatic carbocycles. The standard InChI is InChI=1S/C23H26Cl2N4O5/c24-15-5-3-13(16(25)11-15)4-6-19(30)28-18(9-12-1-2-12)23(34)29-17(20(31)21(26)32)10-14-7-8-27-22(14)33/h3-6,11-12,14,17-18H,1-2,7-10H2,(H2,26,32)(H,27,33)(H,28,30)(H,29,34)/b6-4+. The summed E-state index contributed by atoms with van der Waals surface area (Å²) in [6, 6.07) is 2.66. The SMILES string of the molecule is NC(=O)C(=O)C(CC1CCNC1=O)NC(=O)C(CC1CC1)NC(=O)/C=C/c1ccc(Cl)cc1Cl. The van der Waals surface area contributed by atoms with Gasteiger partial charge in [-0.2, -0.15) is 0 Å². The van der Waals surface area contributed by atoms with Crippen molar-refractivity contribution in [2.75, 3.05) is 6.54 Å². The van der Waals surface area contributed by atoms with Crippen molar-refractivity contribution in [3.63, 3.8) is 0 Å². The van der Waals surface area contributed by atoms with Crippen molar-refractivity contribution < 1.29 is 24.0 Å². The zero-order chi connectivity index (χ0) is 24.8.